The smallest absolute Gasteiger partial charge is 0.336 e. The topological polar surface area (TPSA) is 81.6 Å². The molecule has 7 heteroatoms. The van der Waals surface area contributed by atoms with Crippen molar-refractivity contribution in [2.75, 3.05) is 26.4 Å². The number of fused-ring (bicyclic) bond motifs is 2. The number of nitrogens with zero attached hydrogens (tertiary/aromatic N) is 5. The number of nitrogens with two attached hydrogens (primary N) is 1. The highest BCUT2D eigenvalue weighted by Gasteiger charge is 2.20. The van der Waals surface area contributed by atoms with Crippen LogP contribution in [0.3, 0.4) is 0 Å². The molecular weight excluding hydrogens is 364 g/mol. The molecule has 1 unspecified atom stereocenters. The molecule has 2 N–H and O–H groups in total. The monoisotopic (exact) mass is 394 g/mol. The average Bonchev–Trinajstić information content (AvgIpc) is 3.11. The average molecular weight is 395 g/mol. The number of aryl methyl sites for hydroxylation is 1. The molecule has 0 aliphatic heterocycles. The molecule has 0 saturated carbocycles. The number of hydrogen-bond donors (Lipinski definition) is 1. The van der Waals surface area contributed by atoms with Crippen molar-refractivity contribution in [3.05, 3.63) is 46.8 Å². The summed E-state index contributed by atoms with van der Waals surface area (Å²) < 4.78 is 7.43. The minimum atomic E-state index is 0.307. The number of unbranched alkanes of at least 4 members (excludes halogenated alkanes) is 1. The van der Waals surface area contributed by atoms with E-state index < -0.39 is 0 Å². The van der Waals surface area contributed by atoms with E-state index in [-0.39, 0.29) is 0 Å². The maximum atomic E-state index is 6.08. The van der Waals surface area contributed by atoms with Crippen LogP contribution in [0.25, 0.3) is 5.65 Å². The number of nitrogen functional groups attached to an aromatic ring is 1. The van der Waals surface area contributed by atoms with Crippen molar-refractivity contribution in [1.82, 2.24) is 24.5 Å². The molecule has 2 aromatic heterocycles. The molecule has 4 rings (SSSR count). The summed E-state index contributed by atoms with van der Waals surface area (Å²) in [6.45, 7) is 2.71. The van der Waals surface area contributed by atoms with Gasteiger partial charge in [-0.05, 0) is 56.5 Å². The number of benzene rings is 1. The molecule has 1 atom stereocenters. The van der Waals surface area contributed by atoms with Crippen LogP contribution in [0.15, 0.2) is 24.4 Å². The highest BCUT2D eigenvalue weighted by atomic mass is 16.5. The van der Waals surface area contributed by atoms with Crippen LogP contribution in [-0.4, -0.2) is 51.2 Å². The number of imidazole rings is 1. The first-order valence-corrected chi connectivity index (χ1v) is 10.4. The van der Waals surface area contributed by atoms with E-state index in [4.69, 9.17) is 10.5 Å². The van der Waals surface area contributed by atoms with E-state index in [1.54, 1.807) is 4.52 Å². The molecule has 1 aromatic carbocycles. The maximum absolute atomic E-state index is 6.08. The van der Waals surface area contributed by atoms with Crippen molar-refractivity contribution >= 4 is 11.5 Å². The Hall–Kier alpha value is -2.67. The number of anilines is 1. The van der Waals surface area contributed by atoms with Gasteiger partial charge in [-0.25, -0.2) is 9.50 Å². The van der Waals surface area contributed by atoms with Crippen LogP contribution < -0.4 is 10.5 Å². The fourth-order valence-corrected chi connectivity index (χ4v) is 3.97. The number of likely N-dealkylation sites (N-methyl/N-ethyl adjacent to an activating group) is 1. The van der Waals surface area contributed by atoms with Crippen LogP contribution in [0.4, 0.5) is 5.82 Å². The second-order valence-electron chi connectivity index (χ2n) is 8.11. The molecule has 0 bridgehead atoms. The minimum absolute atomic E-state index is 0.307. The molecule has 0 fully saturated rings. The summed E-state index contributed by atoms with van der Waals surface area (Å²) in [5.74, 6) is 0.344. The first-order chi connectivity index (χ1) is 14.0. The Labute approximate surface area is 171 Å². The summed E-state index contributed by atoms with van der Waals surface area (Å²) in [5.41, 5.74) is 11.8. The van der Waals surface area contributed by atoms with Crippen LogP contribution in [-0.2, 0) is 19.3 Å². The quantitative estimate of drug-likeness (QED) is 0.621. The number of ether oxygens (including phenoxy) is 1. The van der Waals surface area contributed by atoms with E-state index in [2.05, 4.69) is 59.2 Å². The van der Waals surface area contributed by atoms with Gasteiger partial charge in [-0.15, -0.1) is 5.10 Å². The lowest BCUT2D eigenvalue weighted by molar-refractivity contribution is 0.268. The normalized spacial score (nSPS) is 16.3. The summed E-state index contributed by atoms with van der Waals surface area (Å²) in [6.07, 6.45) is 8.07. The Morgan fingerprint density at radius 3 is 2.93 bits per heavy atom. The van der Waals surface area contributed by atoms with Crippen molar-refractivity contribution in [3.63, 3.8) is 0 Å². The first kappa shape index (κ1) is 19.6. The van der Waals surface area contributed by atoms with E-state index in [9.17, 15) is 0 Å². The van der Waals surface area contributed by atoms with E-state index in [1.165, 1.54) is 23.1 Å². The molecule has 0 spiro atoms. The fraction of sp³-hybridized carbons (Fsp3) is 0.500. The lowest BCUT2D eigenvalue weighted by Crippen LogP contribution is -2.33. The zero-order valence-corrected chi connectivity index (χ0v) is 17.6. The van der Waals surface area contributed by atoms with Crippen LogP contribution in [0.1, 0.15) is 48.6 Å². The number of aromatic nitrogens is 4. The summed E-state index contributed by atoms with van der Waals surface area (Å²) >= 11 is 0. The summed E-state index contributed by atoms with van der Waals surface area (Å²) in [5, 5.41) is 4.52. The van der Waals surface area contributed by atoms with Crippen molar-refractivity contribution < 1.29 is 4.74 Å². The third-order valence-corrected chi connectivity index (χ3v) is 5.76. The SMILES string of the molecule is CCCCOc1nc(N)c2ncc(Cc3ccc4c(c3)CC(N(C)C)CC4)n2n1. The Bertz CT molecular complexity index is 996. The van der Waals surface area contributed by atoms with Gasteiger partial charge in [-0.2, -0.15) is 4.98 Å². The van der Waals surface area contributed by atoms with Gasteiger partial charge in [0.15, 0.2) is 11.5 Å². The van der Waals surface area contributed by atoms with Gasteiger partial charge in [0.2, 0.25) is 0 Å². The predicted octanol–water partition coefficient (Wildman–Crippen LogP) is 2.90. The molecule has 7 nitrogen and oxygen atoms in total. The molecule has 1 aliphatic rings. The van der Waals surface area contributed by atoms with Crippen LogP contribution in [0.5, 0.6) is 6.01 Å². The molecular formula is C22H30N6O. The van der Waals surface area contributed by atoms with Crippen molar-refractivity contribution in [2.24, 2.45) is 0 Å². The zero-order valence-electron chi connectivity index (χ0n) is 17.6. The molecule has 154 valence electrons. The first-order valence-electron chi connectivity index (χ1n) is 10.4. The molecule has 3 aromatic rings. The van der Waals surface area contributed by atoms with Gasteiger partial charge in [0.05, 0.1) is 18.5 Å². The highest BCUT2D eigenvalue weighted by Crippen LogP contribution is 2.26. The molecule has 29 heavy (non-hydrogen) atoms. The largest absolute Gasteiger partial charge is 0.462 e. The number of rotatable bonds is 7. The minimum Gasteiger partial charge on any atom is -0.462 e. The maximum Gasteiger partial charge on any atom is 0.336 e. The molecule has 1 aliphatic carbocycles. The van der Waals surface area contributed by atoms with Crippen LogP contribution >= 0.6 is 0 Å². The van der Waals surface area contributed by atoms with Gasteiger partial charge in [0.1, 0.15) is 0 Å². The van der Waals surface area contributed by atoms with Gasteiger partial charge in [-0.3, -0.25) is 0 Å². The van der Waals surface area contributed by atoms with Crippen molar-refractivity contribution in [3.8, 4) is 6.01 Å². The van der Waals surface area contributed by atoms with E-state index in [1.807, 2.05) is 6.20 Å². The Morgan fingerprint density at radius 2 is 2.14 bits per heavy atom. The Morgan fingerprint density at radius 1 is 1.28 bits per heavy atom. The van der Waals surface area contributed by atoms with Gasteiger partial charge in [0.25, 0.3) is 0 Å². The highest BCUT2D eigenvalue weighted by molar-refractivity contribution is 5.59. The molecule has 0 amide bonds. The fourth-order valence-electron chi connectivity index (χ4n) is 3.97. The van der Waals surface area contributed by atoms with E-state index >= 15 is 0 Å². The third-order valence-electron chi connectivity index (χ3n) is 5.76. The predicted molar refractivity (Wildman–Crippen MR) is 114 cm³/mol. The van der Waals surface area contributed by atoms with Crippen LogP contribution in [0.2, 0.25) is 0 Å². The Kier molecular flexibility index (Phi) is 5.67. The standard InChI is InChI=1S/C22H30N6O/c1-4-5-10-29-22-25-20(23)21-24-14-19(28(21)26-22)12-15-6-7-16-8-9-18(27(2)3)13-17(16)11-15/h6-7,11,14,18H,4-5,8-10,12-13H2,1-3H3,(H2,23,25,26). The number of hydrogen-bond acceptors (Lipinski definition) is 6. The lowest BCUT2D eigenvalue weighted by atomic mass is 9.86. The lowest BCUT2D eigenvalue weighted by Gasteiger charge is -2.30. The molecule has 2 heterocycles. The van der Waals surface area contributed by atoms with Gasteiger partial charge in [-0.1, -0.05) is 31.5 Å². The van der Waals surface area contributed by atoms with Crippen molar-refractivity contribution in [2.45, 2.75) is 51.5 Å². The van der Waals surface area contributed by atoms with Gasteiger partial charge < -0.3 is 15.4 Å². The van der Waals surface area contributed by atoms with Gasteiger partial charge >= 0.3 is 6.01 Å². The van der Waals surface area contributed by atoms with Gasteiger partial charge in [0, 0.05) is 12.5 Å². The summed E-state index contributed by atoms with van der Waals surface area (Å²) in [4.78, 5) is 11.0. The van der Waals surface area contributed by atoms with E-state index in [0.717, 1.165) is 37.8 Å². The third kappa shape index (κ3) is 4.19. The van der Waals surface area contributed by atoms with Crippen molar-refractivity contribution in [1.29, 1.82) is 0 Å². The summed E-state index contributed by atoms with van der Waals surface area (Å²) in [6, 6.07) is 7.76. The van der Waals surface area contributed by atoms with E-state index in [0.29, 0.717) is 30.1 Å². The molecule has 0 saturated heterocycles. The Balaban J connectivity index is 1.59. The second kappa shape index (κ2) is 8.37. The molecule has 0 radical (unpaired) electrons. The zero-order chi connectivity index (χ0) is 20.4. The van der Waals surface area contributed by atoms with Crippen LogP contribution in [0, 0.1) is 0 Å². The summed E-state index contributed by atoms with van der Waals surface area (Å²) in [7, 11) is 4.34. The second-order valence-corrected chi connectivity index (χ2v) is 8.11.